The van der Waals surface area contributed by atoms with Gasteiger partial charge in [-0.05, 0) is 29.3 Å². The summed E-state index contributed by atoms with van der Waals surface area (Å²) in [5.74, 6) is 0.321. The van der Waals surface area contributed by atoms with Crippen LogP contribution in [0, 0.1) is 6.92 Å². The summed E-state index contributed by atoms with van der Waals surface area (Å²) >= 11 is 0. The van der Waals surface area contributed by atoms with Crippen molar-refractivity contribution < 1.29 is 14.6 Å². The number of carboxylic acids is 1. The van der Waals surface area contributed by atoms with Crippen molar-refractivity contribution in [2.24, 2.45) is 0 Å². The molecule has 0 saturated heterocycles. The average Bonchev–Trinajstić information content (AvgIpc) is 2.76. The van der Waals surface area contributed by atoms with E-state index in [0.29, 0.717) is 12.2 Å². The first-order valence-electron chi connectivity index (χ1n) is 5.70. The number of carbonyl (C=O) groups is 1. The van der Waals surface area contributed by atoms with Gasteiger partial charge in [-0.3, -0.25) is 4.79 Å². The van der Waals surface area contributed by atoms with Crippen LogP contribution in [0.1, 0.15) is 17.0 Å². The van der Waals surface area contributed by atoms with E-state index in [1.807, 2.05) is 25.1 Å². The maximum Gasteiger partial charge on any atom is 0.327 e. The van der Waals surface area contributed by atoms with E-state index in [1.54, 1.807) is 7.11 Å². The van der Waals surface area contributed by atoms with Gasteiger partial charge in [-0.25, -0.2) is 0 Å². The fourth-order valence-electron chi connectivity index (χ4n) is 1.77. The van der Waals surface area contributed by atoms with Gasteiger partial charge in [-0.15, -0.1) is 10.2 Å². The molecule has 0 bridgehead atoms. The van der Waals surface area contributed by atoms with E-state index in [9.17, 15) is 4.79 Å². The molecule has 2 aromatic rings. The first kappa shape index (κ1) is 13.0. The molecule has 0 aliphatic carbocycles. The molecule has 7 heteroatoms. The zero-order chi connectivity index (χ0) is 13.8. The Morgan fingerprint density at radius 2 is 2.26 bits per heavy atom. The molecule has 0 radical (unpaired) electrons. The third-order valence-electron chi connectivity index (χ3n) is 2.59. The first-order chi connectivity index (χ1) is 9.08. The van der Waals surface area contributed by atoms with E-state index >= 15 is 0 Å². The lowest BCUT2D eigenvalue weighted by Gasteiger charge is -2.05. The topological polar surface area (TPSA) is 90.1 Å². The molecule has 0 aliphatic rings. The van der Waals surface area contributed by atoms with Crippen LogP contribution in [0.3, 0.4) is 0 Å². The Labute approximate surface area is 109 Å². The molecule has 1 aromatic heterocycles. The maximum atomic E-state index is 10.5. The number of hydrogen-bond donors (Lipinski definition) is 1. The van der Waals surface area contributed by atoms with Crippen molar-refractivity contribution in [2.75, 3.05) is 7.11 Å². The van der Waals surface area contributed by atoms with Gasteiger partial charge in [-0.1, -0.05) is 12.1 Å². The molecule has 0 unspecified atom stereocenters. The van der Waals surface area contributed by atoms with E-state index < -0.39 is 5.97 Å². The first-order valence-corrected chi connectivity index (χ1v) is 5.70. The minimum Gasteiger partial charge on any atom is -0.496 e. The molecule has 0 aliphatic heterocycles. The second-order valence-corrected chi connectivity index (χ2v) is 4.11. The summed E-state index contributed by atoms with van der Waals surface area (Å²) in [5, 5.41) is 20.1. The highest BCUT2D eigenvalue weighted by atomic mass is 16.5. The smallest absolute Gasteiger partial charge is 0.327 e. The van der Waals surface area contributed by atoms with Crippen LogP contribution in [0.2, 0.25) is 0 Å². The maximum absolute atomic E-state index is 10.5. The number of nitrogens with zero attached hydrogens (tertiary/aromatic N) is 4. The third kappa shape index (κ3) is 3.27. The number of aliphatic carboxylic acids is 1. The molecule has 1 aromatic carbocycles. The minimum atomic E-state index is -0.996. The lowest BCUT2D eigenvalue weighted by molar-refractivity contribution is -0.138. The molecule has 0 atom stereocenters. The van der Waals surface area contributed by atoms with E-state index in [0.717, 1.165) is 21.7 Å². The lowest BCUT2D eigenvalue weighted by atomic mass is 10.1. The number of rotatable bonds is 5. The van der Waals surface area contributed by atoms with Crippen LogP contribution in [0.25, 0.3) is 0 Å². The van der Waals surface area contributed by atoms with Crippen molar-refractivity contribution in [3.63, 3.8) is 0 Å². The monoisotopic (exact) mass is 262 g/mol. The predicted octanol–water partition coefficient (Wildman–Crippen LogP) is 0.666. The van der Waals surface area contributed by atoms with Crippen molar-refractivity contribution in [1.29, 1.82) is 0 Å². The summed E-state index contributed by atoms with van der Waals surface area (Å²) in [6, 6.07) is 5.78. The summed E-state index contributed by atoms with van der Waals surface area (Å²) in [7, 11) is 1.63. The Morgan fingerprint density at radius 3 is 2.89 bits per heavy atom. The van der Waals surface area contributed by atoms with Crippen molar-refractivity contribution >= 4 is 5.97 Å². The van der Waals surface area contributed by atoms with Crippen LogP contribution in [0.5, 0.6) is 5.75 Å². The molecule has 1 N–H and O–H groups in total. The van der Waals surface area contributed by atoms with Gasteiger partial charge in [-0.2, -0.15) is 4.80 Å². The van der Waals surface area contributed by atoms with Crippen LogP contribution in [-0.2, 0) is 17.8 Å². The summed E-state index contributed by atoms with van der Waals surface area (Å²) in [5.41, 5.74) is 2.05. The molecule has 2 rings (SSSR count). The molecule has 0 fully saturated rings. The van der Waals surface area contributed by atoms with Gasteiger partial charge in [0.2, 0.25) is 0 Å². The number of aryl methyl sites for hydroxylation is 1. The van der Waals surface area contributed by atoms with Gasteiger partial charge in [0.1, 0.15) is 5.75 Å². The van der Waals surface area contributed by atoms with Crippen LogP contribution in [0.4, 0.5) is 0 Å². The zero-order valence-corrected chi connectivity index (χ0v) is 10.7. The number of methoxy groups -OCH3 is 1. The highest BCUT2D eigenvalue weighted by molar-refractivity contribution is 5.66. The predicted molar refractivity (Wildman–Crippen MR) is 66.0 cm³/mol. The summed E-state index contributed by atoms with van der Waals surface area (Å²) in [6.45, 7) is 1.67. The van der Waals surface area contributed by atoms with E-state index in [1.165, 1.54) is 0 Å². The van der Waals surface area contributed by atoms with Gasteiger partial charge in [0.05, 0.1) is 7.11 Å². The average molecular weight is 262 g/mol. The van der Waals surface area contributed by atoms with Crippen molar-refractivity contribution in [1.82, 2.24) is 20.2 Å². The standard InChI is InChI=1S/C12H14N4O3/c1-8-5-9(3-4-10(8)19-2)6-11-13-15-16(14-11)7-12(17)18/h3-5H,6-7H2,1-2H3,(H,17,18). The van der Waals surface area contributed by atoms with Crippen LogP contribution < -0.4 is 4.74 Å². The fourth-order valence-corrected chi connectivity index (χ4v) is 1.77. The second kappa shape index (κ2) is 5.47. The normalized spacial score (nSPS) is 10.4. The van der Waals surface area contributed by atoms with Crippen molar-refractivity contribution in [3.05, 3.63) is 35.2 Å². The van der Waals surface area contributed by atoms with Crippen molar-refractivity contribution in [2.45, 2.75) is 19.9 Å². The molecule has 0 saturated carbocycles. The molecule has 0 amide bonds. The third-order valence-corrected chi connectivity index (χ3v) is 2.59. The Bertz CT molecular complexity index is 594. The Hall–Kier alpha value is -2.44. The molecule has 100 valence electrons. The van der Waals surface area contributed by atoms with Crippen molar-refractivity contribution in [3.8, 4) is 5.75 Å². The Morgan fingerprint density at radius 1 is 1.47 bits per heavy atom. The Kier molecular flexibility index (Phi) is 3.74. The highest BCUT2D eigenvalue weighted by Gasteiger charge is 2.08. The largest absolute Gasteiger partial charge is 0.496 e. The number of hydrogen-bond acceptors (Lipinski definition) is 5. The van der Waals surface area contributed by atoms with E-state index in [-0.39, 0.29) is 6.54 Å². The molecular formula is C12H14N4O3. The number of tetrazole rings is 1. The van der Waals surface area contributed by atoms with E-state index in [2.05, 4.69) is 15.4 Å². The number of aromatic nitrogens is 4. The highest BCUT2D eigenvalue weighted by Crippen LogP contribution is 2.19. The Balaban J connectivity index is 2.10. The van der Waals surface area contributed by atoms with Crippen LogP contribution in [-0.4, -0.2) is 38.4 Å². The molecule has 1 heterocycles. The molecule has 0 spiro atoms. The SMILES string of the molecule is COc1ccc(Cc2nnn(CC(=O)O)n2)cc1C. The molecule has 19 heavy (non-hydrogen) atoms. The number of carboxylic acid groups (broad SMARTS) is 1. The zero-order valence-electron chi connectivity index (χ0n) is 10.7. The van der Waals surface area contributed by atoms with Gasteiger partial charge in [0, 0.05) is 6.42 Å². The van der Waals surface area contributed by atoms with Gasteiger partial charge in [0.25, 0.3) is 0 Å². The van der Waals surface area contributed by atoms with Crippen LogP contribution in [0.15, 0.2) is 18.2 Å². The van der Waals surface area contributed by atoms with Gasteiger partial charge < -0.3 is 9.84 Å². The second-order valence-electron chi connectivity index (χ2n) is 4.11. The lowest BCUT2D eigenvalue weighted by Crippen LogP contribution is -2.11. The molecular weight excluding hydrogens is 248 g/mol. The summed E-state index contributed by atoms with van der Waals surface area (Å²) < 4.78 is 5.19. The van der Waals surface area contributed by atoms with E-state index in [4.69, 9.17) is 9.84 Å². The van der Waals surface area contributed by atoms with Crippen LogP contribution >= 0.6 is 0 Å². The summed E-state index contributed by atoms with van der Waals surface area (Å²) in [4.78, 5) is 11.6. The summed E-state index contributed by atoms with van der Waals surface area (Å²) in [6.07, 6.45) is 0.504. The number of benzene rings is 1. The van der Waals surface area contributed by atoms with Gasteiger partial charge in [0.15, 0.2) is 12.4 Å². The quantitative estimate of drug-likeness (QED) is 0.851. The molecule has 7 nitrogen and oxygen atoms in total. The number of ether oxygens (including phenoxy) is 1. The fraction of sp³-hybridized carbons (Fsp3) is 0.333. The van der Waals surface area contributed by atoms with Gasteiger partial charge >= 0.3 is 5.97 Å². The minimum absolute atomic E-state index is 0.283.